The van der Waals surface area contributed by atoms with E-state index in [0.717, 1.165) is 36.2 Å². The van der Waals surface area contributed by atoms with Crippen LogP contribution in [0.25, 0.3) is 0 Å². The Morgan fingerprint density at radius 2 is 1.55 bits per heavy atom. The minimum absolute atomic E-state index is 0.277. The predicted octanol–water partition coefficient (Wildman–Crippen LogP) is 7.18. The topological polar surface area (TPSA) is 26.3 Å². The highest BCUT2D eigenvalue weighted by atomic mass is 19.4. The van der Waals surface area contributed by atoms with Gasteiger partial charge in [-0.3, -0.25) is 4.79 Å². The molecule has 3 rings (SSSR count). The molecule has 2 nitrogen and oxygen atoms in total. The minimum atomic E-state index is -4.81. The summed E-state index contributed by atoms with van der Waals surface area (Å²) in [6, 6.07) is 5.96. The van der Waals surface area contributed by atoms with Crippen LogP contribution in [0.15, 0.2) is 36.4 Å². The minimum Gasteiger partial charge on any atom is -0.381 e. The van der Waals surface area contributed by atoms with Crippen LogP contribution >= 0.6 is 0 Å². The zero-order valence-electron chi connectivity index (χ0n) is 18.5. The number of carbonyl (C=O) groups is 1. The van der Waals surface area contributed by atoms with Crippen LogP contribution in [0.4, 0.5) is 13.2 Å². The molecule has 5 heteroatoms. The van der Waals surface area contributed by atoms with Gasteiger partial charge in [0.05, 0.1) is 6.61 Å². The fourth-order valence-electron chi connectivity index (χ4n) is 5.46. The van der Waals surface area contributed by atoms with E-state index in [0.29, 0.717) is 12.5 Å². The lowest BCUT2D eigenvalue weighted by atomic mass is 9.68. The number of ether oxygens (including phenoxy) is 1. The zero-order chi connectivity index (χ0) is 22.3. The molecule has 0 atom stereocenters. The van der Waals surface area contributed by atoms with Crippen LogP contribution in [0.1, 0.15) is 73.7 Å². The number of allylic oxidation sites excluding steroid dienone is 1. The standard InChI is InChI=1S/C26H35F3O2/c1-31-18-2-3-19-6-12-22(13-7-19)23-14-8-20(9-15-23)4-5-21-10-16-24(17-11-21)25(30)26(27,28)29/h2-3,10-11,16-17,19-20,22-23H,4-9,12-15,18H2,1H3/b3-2+. The summed E-state index contributed by atoms with van der Waals surface area (Å²) in [6.07, 6.45) is 12.1. The van der Waals surface area contributed by atoms with Crippen LogP contribution < -0.4 is 0 Å². The highest BCUT2D eigenvalue weighted by molar-refractivity contribution is 6.00. The Labute approximate surface area is 184 Å². The third-order valence-corrected chi connectivity index (χ3v) is 7.36. The van der Waals surface area contributed by atoms with Gasteiger partial charge in [0.2, 0.25) is 0 Å². The van der Waals surface area contributed by atoms with Crippen LogP contribution in [0.3, 0.4) is 0 Å². The third-order valence-electron chi connectivity index (χ3n) is 7.36. The molecule has 0 aromatic heterocycles. The summed E-state index contributed by atoms with van der Waals surface area (Å²) in [5.74, 6) is 1.42. The Morgan fingerprint density at radius 3 is 2.10 bits per heavy atom. The molecule has 0 aliphatic heterocycles. The van der Waals surface area contributed by atoms with Crippen molar-refractivity contribution in [3.8, 4) is 0 Å². The van der Waals surface area contributed by atoms with E-state index in [-0.39, 0.29) is 5.56 Å². The Morgan fingerprint density at radius 1 is 0.968 bits per heavy atom. The second-order valence-corrected chi connectivity index (χ2v) is 9.40. The normalized spacial score (nSPS) is 27.5. The van der Waals surface area contributed by atoms with Crippen molar-refractivity contribution in [2.45, 2.75) is 70.4 Å². The van der Waals surface area contributed by atoms with Crippen molar-refractivity contribution < 1.29 is 22.7 Å². The van der Waals surface area contributed by atoms with Crippen LogP contribution in [-0.4, -0.2) is 25.7 Å². The van der Waals surface area contributed by atoms with Gasteiger partial charge in [-0.05, 0) is 80.6 Å². The van der Waals surface area contributed by atoms with Gasteiger partial charge in [0.25, 0.3) is 5.78 Å². The van der Waals surface area contributed by atoms with Gasteiger partial charge < -0.3 is 4.74 Å². The summed E-state index contributed by atoms with van der Waals surface area (Å²) in [6.45, 7) is 0.708. The fraction of sp³-hybridized carbons (Fsp3) is 0.654. The molecule has 172 valence electrons. The van der Waals surface area contributed by atoms with Crippen LogP contribution in [0, 0.1) is 23.7 Å². The summed E-state index contributed by atoms with van der Waals surface area (Å²) < 4.78 is 42.6. The van der Waals surface area contributed by atoms with E-state index >= 15 is 0 Å². The second kappa shape index (κ2) is 11.3. The molecule has 0 heterocycles. The molecule has 0 radical (unpaired) electrons. The average molecular weight is 437 g/mol. The largest absolute Gasteiger partial charge is 0.454 e. The Kier molecular flexibility index (Phi) is 8.76. The number of carbonyl (C=O) groups excluding carboxylic acids is 1. The summed E-state index contributed by atoms with van der Waals surface area (Å²) in [7, 11) is 1.73. The van der Waals surface area contributed by atoms with Gasteiger partial charge in [0, 0.05) is 12.7 Å². The maximum atomic E-state index is 12.5. The van der Waals surface area contributed by atoms with E-state index in [1.807, 2.05) is 0 Å². The molecular weight excluding hydrogens is 401 g/mol. The Bertz CT molecular complexity index is 707. The number of ketones is 1. The first-order valence-electron chi connectivity index (χ1n) is 11.7. The van der Waals surface area contributed by atoms with Crippen molar-refractivity contribution in [3.05, 3.63) is 47.5 Å². The summed E-state index contributed by atoms with van der Waals surface area (Å²) in [5.41, 5.74) is 0.737. The summed E-state index contributed by atoms with van der Waals surface area (Å²) in [5, 5.41) is 0. The molecule has 0 bridgehead atoms. The van der Waals surface area contributed by atoms with Crippen molar-refractivity contribution in [1.82, 2.24) is 0 Å². The van der Waals surface area contributed by atoms with Crippen molar-refractivity contribution in [2.24, 2.45) is 23.7 Å². The first-order valence-corrected chi connectivity index (χ1v) is 11.7. The fourth-order valence-corrected chi connectivity index (χ4v) is 5.46. The number of hydrogen-bond donors (Lipinski definition) is 0. The maximum absolute atomic E-state index is 12.5. The second-order valence-electron chi connectivity index (χ2n) is 9.40. The Hall–Kier alpha value is -1.62. The molecular formula is C26H35F3O2. The highest BCUT2D eigenvalue weighted by Gasteiger charge is 2.39. The van der Waals surface area contributed by atoms with E-state index in [2.05, 4.69) is 12.2 Å². The van der Waals surface area contributed by atoms with Gasteiger partial charge in [-0.15, -0.1) is 0 Å². The van der Waals surface area contributed by atoms with E-state index in [1.54, 1.807) is 19.2 Å². The molecule has 1 aromatic carbocycles. The van der Waals surface area contributed by atoms with Crippen molar-refractivity contribution in [3.63, 3.8) is 0 Å². The summed E-state index contributed by atoms with van der Waals surface area (Å²) >= 11 is 0. The molecule has 1 aromatic rings. The van der Waals surface area contributed by atoms with Gasteiger partial charge in [-0.2, -0.15) is 13.2 Å². The number of alkyl halides is 3. The lowest BCUT2D eigenvalue weighted by molar-refractivity contribution is -0.0885. The third kappa shape index (κ3) is 7.20. The number of aryl methyl sites for hydroxylation is 1. The first kappa shape index (κ1) is 24.0. The SMILES string of the molecule is COC/C=C/C1CCC(C2CCC(CCc3ccc(C(=O)C(F)(F)F)cc3)CC2)CC1. The zero-order valence-corrected chi connectivity index (χ0v) is 18.5. The molecule has 0 unspecified atom stereocenters. The average Bonchev–Trinajstić information content (AvgIpc) is 2.78. The quantitative estimate of drug-likeness (QED) is 0.319. The molecule has 0 amide bonds. The molecule has 0 spiro atoms. The van der Waals surface area contributed by atoms with Gasteiger partial charge in [-0.1, -0.05) is 49.3 Å². The number of halogens is 3. The summed E-state index contributed by atoms with van der Waals surface area (Å²) in [4.78, 5) is 11.3. The molecule has 2 saturated carbocycles. The van der Waals surface area contributed by atoms with Gasteiger partial charge in [-0.25, -0.2) is 0 Å². The number of benzene rings is 1. The van der Waals surface area contributed by atoms with E-state index in [9.17, 15) is 18.0 Å². The molecule has 0 N–H and O–H groups in total. The Balaban J connectivity index is 1.37. The monoisotopic (exact) mass is 436 g/mol. The number of hydrogen-bond acceptors (Lipinski definition) is 2. The van der Waals surface area contributed by atoms with E-state index in [4.69, 9.17) is 4.74 Å². The van der Waals surface area contributed by atoms with Crippen molar-refractivity contribution in [1.29, 1.82) is 0 Å². The predicted molar refractivity (Wildman–Crippen MR) is 117 cm³/mol. The van der Waals surface area contributed by atoms with Gasteiger partial charge >= 0.3 is 6.18 Å². The smallest absolute Gasteiger partial charge is 0.381 e. The highest BCUT2D eigenvalue weighted by Crippen LogP contribution is 2.42. The first-order chi connectivity index (χ1) is 14.9. The molecule has 2 aliphatic carbocycles. The van der Waals surface area contributed by atoms with Crippen molar-refractivity contribution in [2.75, 3.05) is 13.7 Å². The van der Waals surface area contributed by atoms with E-state index < -0.39 is 12.0 Å². The molecule has 0 saturated heterocycles. The van der Waals surface area contributed by atoms with Gasteiger partial charge in [0.15, 0.2) is 0 Å². The van der Waals surface area contributed by atoms with Crippen LogP contribution in [-0.2, 0) is 11.2 Å². The van der Waals surface area contributed by atoms with Crippen LogP contribution in [0.5, 0.6) is 0 Å². The number of Topliss-reactive ketones (excluding diaryl/α,β-unsaturated/α-hetero) is 1. The molecule has 31 heavy (non-hydrogen) atoms. The molecule has 2 aliphatic rings. The van der Waals surface area contributed by atoms with Crippen molar-refractivity contribution >= 4 is 5.78 Å². The molecule has 2 fully saturated rings. The lowest BCUT2D eigenvalue weighted by Crippen LogP contribution is -2.25. The number of rotatable bonds is 8. The van der Waals surface area contributed by atoms with Gasteiger partial charge in [0.1, 0.15) is 0 Å². The number of methoxy groups -OCH3 is 1. The lowest BCUT2D eigenvalue weighted by Gasteiger charge is -2.37. The van der Waals surface area contributed by atoms with Crippen LogP contribution in [0.2, 0.25) is 0 Å². The van der Waals surface area contributed by atoms with E-state index in [1.165, 1.54) is 63.5 Å². The maximum Gasteiger partial charge on any atom is 0.454 e.